The van der Waals surface area contributed by atoms with E-state index in [1.165, 1.54) is 13.5 Å². The Kier molecular flexibility index (Phi) is 8.20. The molecule has 4 nitrogen and oxygen atoms in total. The lowest BCUT2D eigenvalue weighted by atomic mass is 9.79. The number of rotatable bonds is 6. The van der Waals surface area contributed by atoms with Gasteiger partial charge in [0.2, 0.25) is 0 Å². The van der Waals surface area contributed by atoms with Gasteiger partial charge < -0.3 is 9.47 Å². The first kappa shape index (κ1) is 21.4. The molecule has 0 amide bonds. The number of allylic oxidation sites excluding steroid dienone is 1. The Hall–Kier alpha value is -0.620. The summed E-state index contributed by atoms with van der Waals surface area (Å²) in [4.78, 5) is 25.1. The maximum atomic E-state index is 12.9. The van der Waals surface area contributed by atoms with Gasteiger partial charge in [0, 0.05) is 5.92 Å². The van der Waals surface area contributed by atoms with Crippen molar-refractivity contribution in [2.45, 2.75) is 51.2 Å². The van der Waals surface area contributed by atoms with Crippen LogP contribution in [-0.2, 0) is 19.1 Å². The van der Waals surface area contributed by atoms with Crippen LogP contribution in [0.25, 0.3) is 0 Å². The lowest BCUT2D eigenvalue weighted by Gasteiger charge is -2.37. The van der Waals surface area contributed by atoms with Gasteiger partial charge in [0.15, 0.2) is 0 Å². The lowest BCUT2D eigenvalue weighted by Crippen LogP contribution is -2.42. The molecule has 1 rings (SSSR count). The van der Waals surface area contributed by atoms with Crippen molar-refractivity contribution in [2.24, 2.45) is 17.8 Å². The number of thioether (sulfide) groups is 2. The van der Waals surface area contributed by atoms with Crippen LogP contribution in [-0.4, -0.2) is 40.7 Å². The second kappa shape index (κ2) is 9.18. The molecule has 24 heavy (non-hydrogen) atoms. The van der Waals surface area contributed by atoms with E-state index in [9.17, 15) is 9.59 Å². The smallest absolute Gasteiger partial charge is 0.311 e. The zero-order chi connectivity index (χ0) is 18.5. The van der Waals surface area contributed by atoms with Crippen LogP contribution in [0.4, 0.5) is 0 Å². The monoisotopic (exact) mass is 374 g/mol. The molecule has 1 aliphatic heterocycles. The van der Waals surface area contributed by atoms with Crippen LogP contribution < -0.4 is 0 Å². The van der Waals surface area contributed by atoms with Gasteiger partial charge in [-0.15, -0.1) is 23.5 Å². The number of ether oxygens (including phenoxy) is 2. The van der Waals surface area contributed by atoms with Crippen molar-refractivity contribution in [3.63, 3.8) is 0 Å². The minimum absolute atomic E-state index is 0.121. The summed E-state index contributed by atoms with van der Waals surface area (Å²) in [5.74, 6) is 0.115. The Morgan fingerprint density at radius 1 is 1.17 bits per heavy atom. The van der Waals surface area contributed by atoms with E-state index in [1.807, 2.05) is 51.2 Å². The van der Waals surface area contributed by atoms with Crippen LogP contribution >= 0.6 is 23.5 Å². The Bertz CT molecular complexity index is 464. The molecule has 0 aromatic heterocycles. The summed E-state index contributed by atoms with van der Waals surface area (Å²) in [7, 11) is 1.35. The topological polar surface area (TPSA) is 52.6 Å². The van der Waals surface area contributed by atoms with Crippen molar-refractivity contribution in [3.8, 4) is 0 Å². The predicted molar refractivity (Wildman–Crippen MR) is 102 cm³/mol. The summed E-state index contributed by atoms with van der Waals surface area (Å²) in [5, 5.41) is 0. The molecule has 0 radical (unpaired) electrons. The second-order valence-corrected chi connectivity index (χ2v) is 10.0. The standard InChI is InChI=1S/C18H30O4S2/c1-11(2)13(17-23-9-8-10-24-17)14(12(3)15(19)21-7)16(20)22-18(4,5)6/h12-14,17H,1,8-10H2,2-7H3/t12-,13+,14-/m1/s1. The fourth-order valence-electron chi connectivity index (χ4n) is 2.79. The molecule has 0 aliphatic carbocycles. The van der Waals surface area contributed by atoms with Crippen LogP contribution in [0.3, 0.4) is 0 Å². The molecule has 0 aromatic rings. The van der Waals surface area contributed by atoms with Crippen LogP contribution in [0.1, 0.15) is 41.0 Å². The molecule has 0 unspecified atom stereocenters. The molecule has 6 heteroatoms. The van der Waals surface area contributed by atoms with Crippen molar-refractivity contribution in [3.05, 3.63) is 12.2 Å². The maximum Gasteiger partial charge on any atom is 0.311 e. The summed E-state index contributed by atoms with van der Waals surface area (Å²) < 4.78 is 10.7. The number of hydrogen-bond donors (Lipinski definition) is 0. The molecule has 1 saturated heterocycles. The van der Waals surface area contributed by atoms with Crippen molar-refractivity contribution in [1.29, 1.82) is 0 Å². The van der Waals surface area contributed by atoms with Crippen molar-refractivity contribution in [1.82, 2.24) is 0 Å². The third-order valence-electron chi connectivity index (χ3n) is 3.89. The summed E-state index contributed by atoms with van der Waals surface area (Å²) >= 11 is 3.68. The predicted octanol–water partition coefficient (Wildman–Crippen LogP) is 4.14. The zero-order valence-electron chi connectivity index (χ0n) is 15.6. The molecule has 138 valence electrons. The first-order valence-electron chi connectivity index (χ1n) is 8.27. The van der Waals surface area contributed by atoms with Gasteiger partial charge in [0.05, 0.1) is 23.5 Å². The number of hydrogen-bond acceptors (Lipinski definition) is 6. The highest BCUT2D eigenvalue weighted by Gasteiger charge is 2.44. The van der Waals surface area contributed by atoms with Gasteiger partial charge in [0.1, 0.15) is 5.60 Å². The van der Waals surface area contributed by atoms with Gasteiger partial charge in [-0.1, -0.05) is 19.1 Å². The largest absolute Gasteiger partial charge is 0.469 e. The van der Waals surface area contributed by atoms with Gasteiger partial charge >= 0.3 is 11.9 Å². The summed E-state index contributed by atoms with van der Waals surface area (Å²) in [5.41, 5.74) is 0.311. The van der Waals surface area contributed by atoms with E-state index in [0.29, 0.717) is 0 Å². The molecule has 3 atom stereocenters. The van der Waals surface area contributed by atoms with Crippen LogP contribution in [0.5, 0.6) is 0 Å². The summed E-state index contributed by atoms with van der Waals surface area (Å²) in [6.45, 7) is 13.3. The Morgan fingerprint density at radius 2 is 1.71 bits per heavy atom. The van der Waals surface area contributed by atoms with Gasteiger partial charge in [-0.2, -0.15) is 0 Å². The summed E-state index contributed by atoms with van der Waals surface area (Å²) in [6.07, 6.45) is 1.17. The van der Waals surface area contributed by atoms with Gasteiger partial charge in [-0.3, -0.25) is 9.59 Å². The molecular weight excluding hydrogens is 344 g/mol. The molecule has 1 heterocycles. The van der Waals surface area contributed by atoms with Crippen molar-refractivity contribution >= 4 is 35.5 Å². The van der Waals surface area contributed by atoms with E-state index in [1.54, 1.807) is 6.92 Å². The molecule has 0 bridgehead atoms. The van der Waals surface area contributed by atoms with E-state index in [4.69, 9.17) is 9.47 Å². The SMILES string of the molecule is C=C(C)[C@H](C1SCCCS1)[C@H](C(=O)OC(C)(C)C)[C@@H](C)C(=O)OC. The highest BCUT2D eigenvalue weighted by Crippen LogP contribution is 2.44. The average Bonchev–Trinajstić information content (AvgIpc) is 2.49. The molecule has 0 saturated carbocycles. The van der Waals surface area contributed by atoms with Crippen molar-refractivity contribution in [2.75, 3.05) is 18.6 Å². The molecule has 1 fully saturated rings. The average molecular weight is 375 g/mol. The first-order chi connectivity index (χ1) is 11.1. The second-order valence-electron chi connectivity index (χ2n) is 7.21. The number of methoxy groups -OCH3 is 1. The van der Waals surface area contributed by atoms with E-state index >= 15 is 0 Å². The van der Waals surface area contributed by atoms with Crippen LogP contribution in [0, 0.1) is 17.8 Å². The van der Waals surface area contributed by atoms with Gasteiger partial charge in [-0.25, -0.2) is 0 Å². The Labute approximate surface area is 154 Å². The molecular formula is C18H30O4S2. The molecule has 0 spiro atoms. The highest BCUT2D eigenvalue weighted by molar-refractivity contribution is 8.17. The van der Waals surface area contributed by atoms with E-state index in [2.05, 4.69) is 6.58 Å². The first-order valence-corrected chi connectivity index (χ1v) is 10.4. The third-order valence-corrected chi connectivity index (χ3v) is 7.00. The van der Waals surface area contributed by atoms with Gasteiger partial charge in [-0.05, 0) is 45.6 Å². The molecule has 1 aliphatic rings. The summed E-state index contributed by atoms with van der Waals surface area (Å²) in [6, 6.07) is 0. The van der Waals surface area contributed by atoms with Gasteiger partial charge in [0.25, 0.3) is 0 Å². The van der Waals surface area contributed by atoms with Crippen molar-refractivity contribution < 1.29 is 19.1 Å². The minimum Gasteiger partial charge on any atom is -0.469 e. The van der Waals surface area contributed by atoms with Crippen LogP contribution in [0.2, 0.25) is 0 Å². The fourth-order valence-corrected chi connectivity index (χ4v) is 6.23. The van der Waals surface area contributed by atoms with Crippen LogP contribution in [0.15, 0.2) is 12.2 Å². The quantitative estimate of drug-likeness (QED) is 0.514. The fraction of sp³-hybridized carbons (Fsp3) is 0.778. The Morgan fingerprint density at radius 3 is 2.12 bits per heavy atom. The van der Waals surface area contributed by atoms with E-state index in [-0.39, 0.29) is 22.4 Å². The third kappa shape index (κ3) is 6.03. The zero-order valence-corrected chi connectivity index (χ0v) is 17.2. The maximum absolute atomic E-state index is 12.9. The number of esters is 2. The Balaban J connectivity index is 3.17. The number of carbonyl (C=O) groups is 2. The highest BCUT2D eigenvalue weighted by atomic mass is 32.2. The molecule has 0 aromatic carbocycles. The van der Waals surface area contributed by atoms with E-state index < -0.39 is 17.4 Å². The minimum atomic E-state index is -0.600. The normalized spacial score (nSPS) is 19.9. The molecule has 0 N–H and O–H groups in total. The lowest BCUT2D eigenvalue weighted by molar-refractivity contribution is -0.168. The number of carbonyl (C=O) groups excluding carboxylic acids is 2. The van der Waals surface area contributed by atoms with E-state index in [0.717, 1.165) is 17.1 Å².